The third-order valence-electron chi connectivity index (χ3n) is 4.86. The van der Waals surface area contributed by atoms with Crippen molar-refractivity contribution in [3.8, 4) is 0 Å². The normalized spacial score (nSPS) is 14.3. The third-order valence-corrected chi connectivity index (χ3v) is 7.06. The minimum Gasteiger partial charge on any atom is -0.339 e. The van der Waals surface area contributed by atoms with E-state index in [1.165, 1.54) is 44.6 Å². The summed E-state index contributed by atoms with van der Waals surface area (Å²) in [6, 6.07) is 0. The molecule has 3 aromatic heterocycles. The molecule has 4 rings (SSSR count). The first-order valence-corrected chi connectivity index (χ1v) is 10.9. The van der Waals surface area contributed by atoms with Crippen LogP contribution < -0.4 is 4.90 Å². The van der Waals surface area contributed by atoms with Crippen LogP contribution in [0.25, 0.3) is 20.4 Å². The highest BCUT2D eigenvalue weighted by Crippen LogP contribution is 2.42. The maximum atomic E-state index is 5.07. The second kappa shape index (κ2) is 6.82. The van der Waals surface area contributed by atoms with Crippen LogP contribution in [0.5, 0.6) is 0 Å². The molecule has 1 aliphatic carbocycles. The molecule has 0 aliphatic heterocycles. The first kappa shape index (κ1) is 17.2. The van der Waals surface area contributed by atoms with E-state index in [0.29, 0.717) is 5.92 Å². The van der Waals surface area contributed by atoms with Crippen LogP contribution in [0.1, 0.15) is 43.0 Å². The quantitative estimate of drug-likeness (QED) is 0.551. The Bertz CT molecular complexity index is 930. The lowest BCUT2D eigenvalue weighted by Gasteiger charge is -2.11. The molecule has 3 aromatic rings. The number of nitrogens with one attached hydrogen (secondary N) is 1. The van der Waals surface area contributed by atoms with E-state index in [1.807, 2.05) is 11.8 Å². The fourth-order valence-electron chi connectivity index (χ4n) is 3.64. The molecule has 0 saturated carbocycles. The molecule has 0 amide bonds. The predicted molar refractivity (Wildman–Crippen MR) is 107 cm³/mol. The van der Waals surface area contributed by atoms with Gasteiger partial charge >= 0.3 is 0 Å². The molecule has 1 N–H and O–H groups in total. The molecule has 0 atom stereocenters. The summed E-state index contributed by atoms with van der Waals surface area (Å²) in [6.45, 7) is 5.64. The maximum absolute atomic E-state index is 5.07. The van der Waals surface area contributed by atoms with Gasteiger partial charge < -0.3 is 4.90 Å². The van der Waals surface area contributed by atoms with Crippen molar-refractivity contribution in [2.45, 2.75) is 44.1 Å². The zero-order valence-electron chi connectivity index (χ0n) is 15.3. The van der Waals surface area contributed by atoms with Gasteiger partial charge in [0.1, 0.15) is 16.2 Å². The molecule has 0 spiro atoms. The van der Waals surface area contributed by atoms with E-state index >= 15 is 0 Å². The molecule has 0 fully saturated rings. The van der Waals surface area contributed by atoms with E-state index in [1.54, 1.807) is 17.7 Å². The molecule has 0 aromatic carbocycles. The van der Waals surface area contributed by atoms with Crippen LogP contribution in [0.4, 0.5) is 0 Å². The average Bonchev–Trinajstić information content (AvgIpc) is 3.17. The number of pyridine rings is 1. The SMILES string of the molecule is CC(C)c1nc2sc3c(SCC[NH+](C)C)ncnc3c2c2c1CCC2. The van der Waals surface area contributed by atoms with Crippen LogP contribution >= 0.6 is 23.1 Å². The first-order chi connectivity index (χ1) is 12.1. The minimum atomic E-state index is 0.476. The van der Waals surface area contributed by atoms with Gasteiger partial charge in [-0.3, -0.25) is 0 Å². The highest BCUT2D eigenvalue weighted by atomic mass is 32.2. The average molecular weight is 374 g/mol. The fourth-order valence-corrected chi connectivity index (χ4v) is 6.04. The smallest absolute Gasteiger partial charge is 0.126 e. The highest BCUT2D eigenvalue weighted by Gasteiger charge is 2.25. The Morgan fingerprint density at radius 3 is 2.76 bits per heavy atom. The topological polar surface area (TPSA) is 43.1 Å². The summed E-state index contributed by atoms with van der Waals surface area (Å²) in [5, 5.41) is 2.42. The largest absolute Gasteiger partial charge is 0.339 e. The molecule has 0 saturated heterocycles. The Hall–Kier alpha value is -1.24. The number of aryl methyl sites for hydroxylation is 1. The van der Waals surface area contributed by atoms with Gasteiger partial charge in [-0.05, 0) is 36.3 Å². The summed E-state index contributed by atoms with van der Waals surface area (Å²) in [4.78, 5) is 16.9. The Balaban J connectivity index is 1.87. The van der Waals surface area contributed by atoms with Crippen molar-refractivity contribution in [3.63, 3.8) is 0 Å². The number of hydrogen-bond donors (Lipinski definition) is 1. The van der Waals surface area contributed by atoms with E-state index < -0.39 is 0 Å². The Kier molecular flexibility index (Phi) is 4.69. The van der Waals surface area contributed by atoms with Gasteiger partial charge in [-0.15, -0.1) is 11.3 Å². The van der Waals surface area contributed by atoms with Crippen molar-refractivity contribution in [2.24, 2.45) is 0 Å². The van der Waals surface area contributed by atoms with Crippen molar-refractivity contribution in [2.75, 3.05) is 26.4 Å². The van der Waals surface area contributed by atoms with Crippen LogP contribution in [0, 0.1) is 0 Å². The van der Waals surface area contributed by atoms with Gasteiger partial charge in [-0.1, -0.05) is 25.6 Å². The van der Waals surface area contributed by atoms with Gasteiger partial charge in [-0.2, -0.15) is 0 Å². The summed E-state index contributed by atoms with van der Waals surface area (Å²) in [7, 11) is 4.38. The lowest BCUT2D eigenvalue weighted by molar-refractivity contribution is -0.855. The molecule has 0 bridgehead atoms. The zero-order valence-corrected chi connectivity index (χ0v) is 17.0. The standard InChI is InChI=1S/C19H24N4S2/c1-11(2)15-13-7-5-6-12(13)14-16-17(25-18(14)22-15)19(21-10-20-16)24-9-8-23(3)4/h10-11H,5-9H2,1-4H3/p+1. The summed E-state index contributed by atoms with van der Waals surface area (Å²) in [6.07, 6.45) is 5.31. The number of nitrogens with zero attached hydrogens (tertiary/aromatic N) is 3. The van der Waals surface area contributed by atoms with E-state index in [9.17, 15) is 0 Å². The van der Waals surface area contributed by atoms with Crippen molar-refractivity contribution in [3.05, 3.63) is 23.1 Å². The lowest BCUT2D eigenvalue weighted by atomic mass is 9.99. The van der Waals surface area contributed by atoms with Gasteiger partial charge in [0.2, 0.25) is 0 Å². The van der Waals surface area contributed by atoms with Crippen LogP contribution in [-0.2, 0) is 12.8 Å². The molecule has 132 valence electrons. The molecule has 6 heteroatoms. The molecule has 4 nitrogen and oxygen atoms in total. The molecule has 1 aliphatic rings. The number of quaternary nitrogens is 1. The molecular formula is C19H25N4S2+. The summed E-state index contributed by atoms with van der Waals surface area (Å²) < 4.78 is 1.22. The Morgan fingerprint density at radius 1 is 1.20 bits per heavy atom. The van der Waals surface area contributed by atoms with Gasteiger partial charge in [0.05, 0.1) is 30.9 Å². The molecular weight excluding hydrogens is 348 g/mol. The summed E-state index contributed by atoms with van der Waals surface area (Å²) in [5.41, 5.74) is 5.42. The first-order valence-electron chi connectivity index (χ1n) is 9.07. The van der Waals surface area contributed by atoms with E-state index in [2.05, 4.69) is 37.9 Å². The van der Waals surface area contributed by atoms with Gasteiger partial charge in [0, 0.05) is 16.8 Å². The third kappa shape index (κ3) is 3.04. The van der Waals surface area contributed by atoms with Gasteiger partial charge in [-0.25, -0.2) is 15.0 Å². The summed E-state index contributed by atoms with van der Waals surface area (Å²) in [5.74, 6) is 1.55. The number of aromatic nitrogens is 3. The van der Waals surface area contributed by atoms with Crippen LogP contribution in [-0.4, -0.2) is 41.3 Å². The lowest BCUT2D eigenvalue weighted by Crippen LogP contribution is -3.06. The van der Waals surface area contributed by atoms with Crippen molar-refractivity contribution < 1.29 is 4.90 Å². The molecule has 0 radical (unpaired) electrons. The predicted octanol–water partition coefficient (Wildman–Crippen LogP) is 3.09. The highest BCUT2D eigenvalue weighted by molar-refractivity contribution is 7.99. The number of fused-ring (bicyclic) bond motifs is 5. The van der Waals surface area contributed by atoms with Crippen molar-refractivity contribution >= 4 is 43.5 Å². The van der Waals surface area contributed by atoms with E-state index in [0.717, 1.165) is 34.1 Å². The van der Waals surface area contributed by atoms with Crippen LogP contribution in [0.15, 0.2) is 11.4 Å². The fraction of sp³-hybridized carbons (Fsp3) is 0.526. The van der Waals surface area contributed by atoms with E-state index in [-0.39, 0.29) is 0 Å². The van der Waals surface area contributed by atoms with Crippen molar-refractivity contribution in [1.82, 2.24) is 15.0 Å². The van der Waals surface area contributed by atoms with Crippen LogP contribution in [0.2, 0.25) is 0 Å². The Labute approximate surface area is 157 Å². The van der Waals surface area contributed by atoms with Crippen molar-refractivity contribution in [1.29, 1.82) is 0 Å². The number of rotatable bonds is 5. The second-order valence-electron chi connectivity index (χ2n) is 7.41. The Morgan fingerprint density at radius 2 is 2.00 bits per heavy atom. The second-order valence-corrected chi connectivity index (χ2v) is 9.49. The number of thioether (sulfide) groups is 1. The molecule has 0 unspecified atom stereocenters. The zero-order chi connectivity index (χ0) is 17.6. The molecule has 3 heterocycles. The monoisotopic (exact) mass is 373 g/mol. The number of hydrogen-bond acceptors (Lipinski definition) is 5. The maximum Gasteiger partial charge on any atom is 0.126 e. The number of thiophene rings is 1. The van der Waals surface area contributed by atoms with Gasteiger partial charge in [0.25, 0.3) is 0 Å². The van der Waals surface area contributed by atoms with Gasteiger partial charge in [0.15, 0.2) is 0 Å². The van der Waals surface area contributed by atoms with E-state index in [4.69, 9.17) is 4.98 Å². The van der Waals surface area contributed by atoms with Crippen LogP contribution in [0.3, 0.4) is 0 Å². The minimum absolute atomic E-state index is 0.476. The summed E-state index contributed by atoms with van der Waals surface area (Å²) >= 11 is 3.63. The molecule has 25 heavy (non-hydrogen) atoms.